The van der Waals surface area contributed by atoms with Gasteiger partial charge in [0.15, 0.2) is 17.5 Å². The Balaban J connectivity index is 1.17. The highest BCUT2D eigenvalue weighted by Gasteiger charge is 2.51. The van der Waals surface area contributed by atoms with Gasteiger partial charge in [0.1, 0.15) is 0 Å². The molecular formula is C52H34N4. The molecule has 2 aliphatic rings. The molecule has 0 amide bonds. The van der Waals surface area contributed by atoms with E-state index in [0.29, 0.717) is 17.5 Å². The van der Waals surface area contributed by atoms with Crippen molar-refractivity contribution >= 4 is 17.1 Å². The first-order chi connectivity index (χ1) is 27.8. The molecule has 0 atom stereocenters. The van der Waals surface area contributed by atoms with E-state index in [4.69, 9.17) is 15.0 Å². The Morgan fingerprint density at radius 1 is 0.304 bits per heavy atom. The molecule has 262 valence electrons. The molecular weight excluding hydrogens is 681 g/mol. The van der Waals surface area contributed by atoms with E-state index in [1.165, 1.54) is 33.4 Å². The van der Waals surface area contributed by atoms with Gasteiger partial charge in [0, 0.05) is 22.4 Å². The van der Waals surface area contributed by atoms with Crippen molar-refractivity contribution < 1.29 is 0 Å². The monoisotopic (exact) mass is 714 g/mol. The van der Waals surface area contributed by atoms with Crippen molar-refractivity contribution in [3.63, 3.8) is 0 Å². The molecule has 0 unspecified atom stereocenters. The van der Waals surface area contributed by atoms with E-state index in [-0.39, 0.29) is 0 Å². The summed E-state index contributed by atoms with van der Waals surface area (Å²) in [5.74, 6) is 1.88. The van der Waals surface area contributed by atoms with Gasteiger partial charge >= 0.3 is 0 Å². The smallest absolute Gasteiger partial charge is 0.164 e. The number of fused-ring (bicyclic) bond motifs is 9. The summed E-state index contributed by atoms with van der Waals surface area (Å²) in [6, 6.07) is 73.3. The van der Waals surface area contributed by atoms with Crippen molar-refractivity contribution in [1.29, 1.82) is 0 Å². The van der Waals surface area contributed by atoms with Crippen molar-refractivity contribution in [1.82, 2.24) is 15.0 Å². The topological polar surface area (TPSA) is 41.9 Å². The van der Waals surface area contributed by atoms with E-state index in [2.05, 4.69) is 187 Å². The molecule has 8 aromatic carbocycles. The SMILES string of the molecule is c1ccc(-c2cccc(-c3nc(-c4ccccc4)nc(-c4ccc5c(c4)N(c4ccccc4)c4ccccc4C54c5ccccc5-c5ccccc54)n3)c2)cc1. The number of nitrogens with zero attached hydrogens (tertiary/aromatic N) is 4. The zero-order chi connectivity index (χ0) is 37.1. The molecule has 4 nitrogen and oxygen atoms in total. The number of benzene rings is 8. The molecule has 1 aliphatic carbocycles. The van der Waals surface area contributed by atoms with Crippen molar-refractivity contribution in [2.24, 2.45) is 0 Å². The van der Waals surface area contributed by atoms with E-state index in [9.17, 15) is 0 Å². The average Bonchev–Trinajstić information content (AvgIpc) is 3.58. The lowest BCUT2D eigenvalue weighted by atomic mass is 9.64. The normalized spacial score (nSPS) is 13.1. The van der Waals surface area contributed by atoms with Crippen LogP contribution in [0.15, 0.2) is 206 Å². The minimum atomic E-state index is -0.528. The van der Waals surface area contributed by atoms with Crippen LogP contribution in [0.2, 0.25) is 0 Å². The summed E-state index contributed by atoms with van der Waals surface area (Å²) in [5.41, 5.74) is 15.4. The lowest BCUT2D eigenvalue weighted by molar-refractivity contribution is 0.752. The lowest BCUT2D eigenvalue weighted by Crippen LogP contribution is -2.36. The Labute approximate surface area is 326 Å². The van der Waals surface area contributed by atoms with E-state index in [1.54, 1.807) is 0 Å². The Kier molecular flexibility index (Phi) is 7.36. The van der Waals surface area contributed by atoms with Crippen LogP contribution in [0.5, 0.6) is 0 Å². The van der Waals surface area contributed by atoms with Gasteiger partial charge in [0.25, 0.3) is 0 Å². The van der Waals surface area contributed by atoms with Gasteiger partial charge in [-0.2, -0.15) is 0 Å². The lowest BCUT2D eigenvalue weighted by Gasteiger charge is -2.45. The van der Waals surface area contributed by atoms with Crippen LogP contribution >= 0.6 is 0 Å². The van der Waals surface area contributed by atoms with Crippen LogP contribution in [0.3, 0.4) is 0 Å². The molecule has 56 heavy (non-hydrogen) atoms. The van der Waals surface area contributed by atoms with Crippen LogP contribution in [0.25, 0.3) is 56.4 Å². The van der Waals surface area contributed by atoms with Gasteiger partial charge in [0.05, 0.1) is 16.8 Å². The second-order valence-corrected chi connectivity index (χ2v) is 14.4. The van der Waals surface area contributed by atoms with Gasteiger partial charge in [-0.1, -0.05) is 176 Å². The van der Waals surface area contributed by atoms with Gasteiger partial charge in [-0.3, -0.25) is 0 Å². The summed E-state index contributed by atoms with van der Waals surface area (Å²) in [5, 5.41) is 0. The van der Waals surface area contributed by atoms with E-state index in [0.717, 1.165) is 44.9 Å². The molecule has 0 bridgehead atoms. The van der Waals surface area contributed by atoms with Gasteiger partial charge in [0.2, 0.25) is 0 Å². The summed E-state index contributed by atoms with van der Waals surface area (Å²) in [7, 11) is 0. The maximum Gasteiger partial charge on any atom is 0.164 e. The zero-order valence-corrected chi connectivity index (χ0v) is 30.4. The highest BCUT2D eigenvalue weighted by atomic mass is 15.2. The Morgan fingerprint density at radius 2 is 0.768 bits per heavy atom. The first-order valence-electron chi connectivity index (χ1n) is 19.0. The summed E-state index contributed by atoms with van der Waals surface area (Å²) < 4.78 is 0. The zero-order valence-electron chi connectivity index (χ0n) is 30.4. The third kappa shape index (κ3) is 4.89. The Bertz CT molecular complexity index is 2880. The van der Waals surface area contributed by atoms with Crippen LogP contribution < -0.4 is 4.90 Å². The summed E-state index contributed by atoms with van der Waals surface area (Å²) in [6.07, 6.45) is 0. The minimum absolute atomic E-state index is 0.528. The predicted octanol–water partition coefficient (Wildman–Crippen LogP) is 12.7. The number of aromatic nitrogens is 3. The first-order valence-corrected chi connectivity index (χ1v) is 19.0. The number of anilines is 3. The molecule has 0 saturated heterocycles. The van der Waals surface area contributed by atoms with Gasteiger partial charge in [-0.25, -0.2) is 15.0 Å². The largest absolute Gasteiger partial charge is 0.310 e. The number of para-hydroxylation sites is 2. The standard InChI is InChI=1S/C52H34N4/c1-4-17-35(18-5-1)37-21-16-22-38(33-37)50-53-49(36-19-6-2-7-20-36)54-51(55-50)39-31-32-46-48(34-39)56(40-23-8-3-9-24-40)47-30-15-14-29-45(47)52(46)43-27-12-10-25-41(43)42-26-11-13-28-44(42)52/h1-34H. The summed E-state index contributed by atoms with van der Waals surface area (Å²) in [6.45, 7) is 0. The molecule has 1 aromatic heterocycles. The van der Waals surface area contributed by atoms with E-state index >= 15 is 0 Å². The summed E-state index contributed by atoms with van der Waals surface area (Å²) >= 11 is 0. The second-order valence-electron chi connectivity index (χ2n) is 14.4. The molecule has 9 aromatic rings. The fourth-order valence-electron chi connectivity index (χ4n) is 8.92. The fraction of sp³-hybridized carbons (Fsp3) is 0.0192. The maximum absolute atomic E-state index is 5.25. The van der Waals surface area contributed by atoms with Crippen molar-refractivity contribution in [2.45, 2.75) is 5.41 Å². The number of hydrogen-bond donors (Lipinski definition) is 0. The molecule has 0 radical (unpaired) electrons. The molecule has 2 heterocycles. The minimum Gasteiger partial charge on any atom is -0.310 e. The molecule has 1 spiro atoms. The van der Waals surface area contributed by atoms with Gasteiger partial charge in [-0.05, 0) is 74.8 Å². The molecule has 1 aliphatic heterocycles. The Hall–Kier alpha value is -7.43. The summed E-state index contributed by atoms with van der Waals surface area (Å²) in [4.78, 5) is 17.9. The molecule has 0 saturated carbocycles. The van der Waals surface area contributed by atoms with Crippen LogP contribution in [0, 0.1) is 0 Å². The highest BCUT2D eigenvalue weighted by molar-refractivity contribution is 5.96. The third-order valence-corrected chi connectivity index (χ3v) is 11.3. The highest BCUT2D eigenvalue weighted by Crippen LogP contribution is 2.63. The average molecular weight is 715 g/mol. The fourth-order valence-corrected chi connectivity index (χ4v) is 8.92. The van der Waals surface area contributed by atoms with Crippen LogP contribution in [0.1, 0.15) is 22.3 Å². The molecule has 11 rings (SSSR count). The predicted molar refractivity (Wildman–Crippen MR) is 227 cm³/mol. The quantitative estimate of drug-likeness (QED) is 0.178. The maximum atomic E-state index is 5.25. The second kappa shape index (κ2) is 12.9. The van der Waals surface area contributed by atoms with Crippen LogP contribution in [-0.4, -0.2) is 15.0 Å². The van der Waals surface area contributed by atoms with E-state index < -0.39 is 5.41 Å². The molecule has 0 N–H and O–H groups in total. The van der Waals surface area contributed by atoms with Gasteiger partial charge in [-0.15, -0.1) is 0 Å². The number of rotatable bonds is 5. The van der Waals surface area contributed by atoms with Crippen molar-refractivity contribution in [2.75, 3.05) is 4.90 Å². The first kappa shape index (κ1) is 32.0. The van der Waals surface area contributed by atoms with Crippen molar-refractivity contribution in [3.05, 3.63) is 229 Å². The molecule has 0 fully saturated rings. The van der Waals surface area contributed by atoms with E-state index in [1.807, 2.05) is 24.3 Å². The van der Waals surface area contributed by atoms with Crippen LogP contribution in [0.4, 0.5) is 17.1 Å². The Morgan fingerprint density at radius 3 is 1.43 bits per heavy atom. The molecule has 4 heteroatoms. The third-order valence-electron chi connectivity index (χ3n) is 11.3. The van der Waals surface area contributed by atoms with Gasteiger partial charge < -0.3 is 4.90 Å². The number of hydrogen-bond acceptors (Lipinski definition) is 4. The van der Waals surface area contributed by atoms with Crippen LogP contribution in [-0.2, 0) is 5.41 Å². The van der Waals surface area contributed by atoms with Crippen molar-refractivity contribution in [3.8, 4) is 56.4 Å².